The third-order valence-electron chi connectivity index (χ3n) is 3.91. The number of ether oxygens (including phenoxy) is 3. The Bertz CT molecular complexity index is 871. The second kappa shape index (κ2) is 8.50. The van der Waals surface area contributed by atoms with Crippen molar-refractivity contribution in [2.45, 2.75) is 26.0 Å². The minimum absolute atomic E-state index is 0.00330. The van der Waals surface area contributed by atoms with Crippen molar-refractivity contribution in [2.24, 2.45) is 0 Å². The van der Waals surface area contributed by atoms with Crippen LogP contribution in [-0.2, 0) is 27.3 Å². The first-order valence-corrected chi connectivity index (χ1v) is 8.97. The topological polar surface area (TPSA) is 73.9 Å². The van der Waals surface area contributed by atoms with Crippen LogP contribution in [0.4, 0.5) is 0 Å². The molecule has 6 nitrogen and oxygen atoms in total. The fourth-order valence-corrected chi connectivity index (χ4v) is 2.81. The number of benzene rings is 2. The van der Waals surface area contributed by atoms with E-state index in [4.69, 9.17) is 37.4 Å². The average Bonchev–Trinajstić information content (AvgIpc) is 3.10. The maximum atomic E-state index is 12.2. The Balaban J connectivity index is 1.48. The molecule has 0 saturated carbocycles. The van der Waals surface area contributed by atoms with Crippen LogP contribution in [0.5, 0.6) is 11.5 Å². The van der Waals surface area contributed by atoms with Gasteiger partial charge in [0.1, 0.15) is 0 Å². The fourth-order valence-electron chi connectivity index (χ4n) is 2.49. The summed E-state index contributed by atoms with van der Waals surface area (Å²) >= 11 is 11.8. The molecule has 1 amide bonds. The Hall–Kier alpha value is -2.44. The van der Waals surface area contributed by atoms with Crippen molar-refractivity contribution in [3.05, 3.63) is 57.6 Å². The summed E-state index contributed by atoms with van der Waals surface area (Å²) in [6, 6.07) is 10.3. The monoisotopic (exact) mass is 409 g/mol. The summed E-state index contributed by atoms with van der Waals surface area (Å²) in [5, 5.41) is 3.49. The highest BCUT2D eigenvalue weighted by Crippen LogP contribution is 2.32. The largest absolute Gasteiger partial charge is 0.454 e. The lowest BCUT2D eigenvalue weighted by atomic mass is 10.1. The van der Waals surface area contributed by atoms with Gasteiger partial charge in [0.15, 0.2) is 17.6 Å². The molecule has 1 N–H and O–H groups in total. The van der Waals surface area contributed by atoms with Crippen LogP contribution in [0.1, 0.15) is 18.1 Å². The van der Waals surface area contributed by atoms with Crippen molar-refractivity contribution in [3.63, 3.8) is 0 Å². The minimum atomic E-state index is -0.922. The van der Waals surface area contributed by atoms with Gasteiger partial charge in [-0.15, -0.1) is 0 Å². The number of rotatable bonds is 6. The SMILES string of the molecule is CC(OC(=O)Cc1ccc(Cl)c(Cl)c1)C(=O)NCc1ccc2c(c1)OCO2. The average molecular weight is 410 g/mol. The molecule has 1 heterocycles. The number of amides is 1. The molecular formula is C19H17Cl2NO5. The number of esters is 1. The van der Waals surface area contributed by atoms with Crippen molar-refractivity contribution in [1.82, 2.24) is 5.32 Å². The van der Waals surface area contributed by atoms with Gasteiger partial charge in [0.2, 0.25) is 6.79 Å². The predicted octanol–water partition coefficient (Wildman–Crippen LogP) is 3.51. The van der Waals surface area contributed by atoms with Crippen molar-refractivity contribution < 1.29 is 23.8 Å². The Morgan fingerprint density at radius 1 is 1.07 bits per heavy atom. The van der Waals surface area contributed by atoms with Crippen molar-refractivity contribution in [1.29, 1.82) is 0 Å². The highest BCUT2D eigenvalue weighted by molar-refractivity contribution is 6.42. The van der Waals surface area contributed by atoms with Crippen molar-refractivity contribution >= 4 is 35.1 Å². The zero-order valence-electron chi connectivity index (χ0n) is 14.5. The van der Waals surface area contributed by atoms with Crippen LogP contribution in [0.25, 0.3) is 0 Å². The van der Waals surface area contributed by atoms with Crippen LogP contribution in [0.15, 0.2) is 36.4 Å². The van der Waals surface area contributed by atoms with E-state index in [2.05, 4.69) is 5.32 Å². The van der Waals surface area contributed by atoms with Crippen LogP contribution in [-0.4, -0.2) is 24.8 Å². The number of halogens is 2. The quantitative estimate of drug-likeness (QED) is 0.738. The number of hydrogen-bond donors (Lipinski definition) is 1. The second-order valence-electron chi connectivity index (χ2n) is 5.96. The Morgan fingerprint density at radius 3 is 2.59 bits per heavy atom. The molecule has 1 unspecified atom stereocenters. The summed E-state index contributed by atoms with van der Waals surface area (Å²) in [6.07, 6.45) is -0.925. The van der Waals surface area contributed by atoms with Gasteiger partial charge in [0.25, 0.3) is 5.91 Å². The van der Waals surface area contributed by atoms with Gasteiger partial charge in [-0.2, -0.15) is 0 Å². The van der Waals surface area contributed by atoms with E-state index < -0.39 is 18.0 Å². The Morgan fingerprint density at radius 2 is 1.81 bits per heavy atom. The number of carbonyl (C=O) groups excluding carboxylic acids is 2. The lowest BCUT2D eigenvalue weighted by molar-refractivity contribution is -0.154. The first-order chi connectivity index (χ1) is 12.9. The van der Waals surface area contributed by atoms with Crippen LogP contribution in [0, 0.1) is 0 Å². The van der Waals surface area contributed by atoms with E-state index in [9.17, 15) is 9.59 Å². The summed E-state index contributed by atoms with van der Waals surface area (Å²) in [5.41, 5.74) is 1.50. The first kappa shape index (κ1) is 19.3. The molecule has 0 saturated heterocycles. The Kier molecular flexibility index (Phi) is 6.08. The summed E-state index contributed by atoms with van der Waals surface area (Å²) in [7, 11) is 0. The molecule has 0 spiro atoms. The van der Waals surface area contributed by atoms with E-state index >= 15 is 0 Å². The molecule has 0 aromatic heterocycles. The van der Waals surface area contributed by atoms with E-state index in [-0.39, 0.29) is 19.8 Å². The van der Waals surface area contributed by atoms with Gasteiger partial charge in [0, 0.05) is 6.54 Å². The maximum Gasteiger partial charge on any atom is 0.311 e. The maximum absolute atomic E-state index is 12.2. The van der Waals surface area contributed by atoms with E-state index in [1.54, 1.807) is 30.3 Å². The third-order valence-corrected chi connectivity index (χ3v) is 4.65. The summed E-state index contributed by atoms with van der Waals surface area (Å²) in [4.78, 5) is 24.2. The van der Waals surface area contributed by atoms with E-state index in [1.807, 2.05) is 6.07 Å². The molecule has 1 aliphatic heterocycles. The van der Waals surface area contributed by atoms with Gasteiger partial charge in [-0.3, -0.25) is 9.59 Å². The molecule has 8 heteroatoms. The molecule has 0 radical (unpaired) electrons. The highest BCUT2D eigenvalue weighted by atomic mass is 35.5. The van der Waals surface area contributed by atoms with E-state index in [0.29, 0.717) is 27.1 Å². The number of hydrogen-bond acceptors (Lipinski definition) is 5. The van der Waals surface area contributed by atoms with Crippen molar-refractivity contribution in [3.8, 4) is 11.5 Å². The van der Waals surface area contributed by atoms with E-state index in [0.717, 1.165) is 5.56 Å². The fraction of sp³-hybridized carbons (Fsp3) is 0.263. The van der Waals surface area contributed by atoms with Crippen molar-refractivity contribution in [2.75, 3.05) is 6.79 Å². The number of carbonyl (C=O) groups is 2. The first-order valence-electron chi connectivity index (χ1n) is 8.22. The van der Waals surface area contributed by atoms with Gasteiger partial charge < -0.3 is 19.5 Å². The Labute approximate surface area is 166 Å². The molecule has 1 atom stereocenters. The molecular weight excluding hydrogens is 393 g/mol. The van der Waals surface area contributed by atoms with Crippen LogP contribution < -0.4 is 14.8 Å². The summed E-state index contributed by atoms with van der Waals surface area (Å²) in [6.45, 7) is 1.99. The number of nitrogens with one attached hydrogen (secondary N) is 1. The van der Waals surface area contributed by atoms with Gasteiger partial charge in [-0.05, 0) is 42.3 Å². The van der Waals surface area contributed by atoms with Crippen LogP contribution in [0.3, 0.4) is 0 Å². The third kappa shape index (κ3) is 5.05. The molecule has 0 bridgehead atoms. The predicted molar refractivity (Wildman–Crippen MR) is 100 cm³/mol. The van der Waals surface area contributed by atoms with Gasteiger partial charge in [-0.1, -0.05) is 35.3 Å². The van der Waals surface area contributed by atoms with Crippen LogP contribution in [0.2, 0.25) is 10.0 Å². The van der Waals surface area contributed by atoms with Crippen LogP contribution >= 0.6 is 23.2 Å². The molecule has 27 heavy (non-hydrogen) atoms. The molecule has 3 rings (SSSR count). The normalized spacial score (nSPS) is 13.1. The zero-order valence-corrected chi connectivity index (χ0v) is 16.0. The molecule has 1 aliphatic rings. The lowest BCUT2D eigenvalue weighted by Gasteiger charge is -2.14. The van der Waals surface area contributed by atoms with Gasteiger partial charge in [-0.25, -0.2) is 0 Å². The minimum Gasteiger partial charge on any atom is -0.454 e. The van der Waals surface area contributed by atoms with Gasteiger partial charge >= 0.3 is 5.97 Å². The molecule has 0 aliphatic carbocycles. The lowest BCUT2D eigenvalue weighted by Crippen LogP contribution is -2.35. The second-order valence-corrected chi connectivity index (χ2v) is 6.78. The molecule has 2 aromatic rings. The number of fused-ring (bicyclic) bond motifs is 1. The standard InChI is InChI=1S/C19H17Cl2NO5/c1-11(27-18(23)8-12-2-4-14(20)15(21)6-12)19(24)22-9-13-3-5-16-17(7-13)26-10-25-16/h2-7,11H,8-10H2,1H3,(H,22,24). The summed E-state index contributed by atoms with van der Waals surface area (Å²) in [5.74, 6) is 0.395. The smallest absolute Gasteiger partial charge is 0.311 e. The summed E-state index contributed by atoms with van der Waals surface area (Å²) < 4.78 is 15.7. The van der Waals surface area contributed by atoms with E-state index in [1.165, 1.54) is 6.92 Å². The molecule has 142 valence electrons. The molecule has 0 fully saturated rings. The molecule has 2 aromatic carbocycles. The zero-order chi connectivity index (χ0) is 19.4. The van der Waals surface area contributed by atoms with Gasteiger partial charge in [0.05, 0.1) is 16.5 Å². The highest BCUT2D eigenvalue weighted by Gasteiger charge is 2.19.